The lowest BCUT2D eigenvalue weighted by Gasteiger charge is -2.09. The lowest BCUT2D eigenvalue weighted by atomic mass is 10.2. The van der Waals surface area contributed by atoms with Crippen molar-refractivity contribution in [3.05, 3.63) is 23.8 Å². The molecular formula is C9H11F2N3O. The van der Waals surface area contributed by atoms with Crippen LogP contribution in [0.2, 0.25) is 0 Å². The van der Waals surface area contributed by atoms with Crippen molar-refractivity contribution in [2.24, 2.45) is 0 Å². The van der Waals surface area contributed by atoms with E-state index in [1.165, 1.54) is 0 Å². The summed E-state index contributed by atoms with van der Waals surface area (Å²) in [7, 11) is 0. The van der Waals surface area contributed by atoms with Crippen LogP contribution < -0.4 is 16.4 Å². The number of nitrogen functional groups attached to an aromatic ring is 1. The molecule has 0 fully saturated rings. The Morgan fingerprint density at radius 2 is 2.13 bits per heavy atom. The molecule has 2 amide bonds. The van der Waals surface area contributed by atoms with E-state index in [-0.39, 0.29) is 11.4 Å². The minimum absolute atomic E-state index is 0.154. The van der Waals surface area contributed by atoms with E-state index in [2.05, 4.69) is 10.6 Å². The number of nitrogens with two attached hydrogens (primary N) is 1. The van der Waals surface area contributed by atoms with Gasteiger partial charge in [0.25, 0.3) is 0 Å². The van der Waals surface area contributed by atoms with Crippen molar-refractivity contribution < 1.29 is 13.6 Å². The van der Waals surface area contributed by atoms with Gasteiger partial charge in [0.2, 0.25) is 0 Å². The highest BCUT2D eigenvalue weighted by Gasteiger charge is 2.11. The van der Waals surface area contributed by atoms with E-state index in [0.29, 0.717) is 12.6 Å². The average Bonchev–Trinajstić information content (AvgIpc) is 2.11. The monoisotopic (exact) mass is 215 g/mol. The van der Waals surface area contributed by atoms with Crippen molar-refractivity contribution in [1.82, 2.24) is 5.32 Å². The van der Waals surface area contributed by atoms with Crippen molar-refractivity contribution in [2.45, 2.75) is 6.92 Å². The molecule has 1 aromatic carbocycles. The van der Waals surface area contributed by atoms with E-state index in [4.69, 9.17) is 5.73 Å². The molecule has 0 aliphatic rings. The maximum absolute atomic E-state index is 13.1. The molecule has 0 atom stereocenters. The zero-order valence-corrected chi connectivity index (χ0v) is 8.10. The SMILES string of the molecule is CCNC(=O)Nc1c(N)cc(F)cc1F. The molecule has 0 saturated heterocycles. The third-order valence-electron chi connectivity index (χ3n) is 1.66. The zero-order valence-electron chi connectivity index (χ0n) is 8.10. The molecule has 0 aliphatic carbocycles. The van der Waals surface area contributed by atoms with Gasteiger partial charge in [-0.1, -0.05) is 0 Å². The molecule has 0 heterocycles. The van der Waals surface area contributed by atoms with Crippen LogP contribution in [0.15, 0.2) is 12.1 Å². The molecule has 0 radical (unpaired) electrons. The highest BCUT2D eigenvalue weighted by molar-refractivity contribution is 5.92. The van der Waals surface area contributed by atoms with Gasteiger partial charge in [0, 0.05) is 12.6 Å². The number of amides is 2. The van der Waals surface area contributed by atoms with E-state index in [9.17, 15) is 13.6 Å². The number of halogens is 2. The van der Waals surface area contributed by atoms with Gasteiger partial charge >= 0.3 is 6.03 Å². The number of benzene rings is 1. The molecule has 4 nitrogen and oxygen atoms in total. The molecule has 6 heteroatoms. The maximum Gasteiger partial charge on any atom is 0.319 e. The van der Waals surface area contributed by atoms with Crippen LogP contribution in [0.3, 0.4) is 0 Å². The van der Waals surface area contributed by atoms with Crippen LogP contribution in [0.1, 0.15) is 6.92 Å². The summed E-state index contributed by atoms with van der Waals surface area (Å²) in [5.41, 5.74) is 4.97. The molecule has 0 aliphatic heterocycles. The quantitative estimate of drug-likeness (QED) is 0.657. The van der Waals surface area contributed by atoms with Crippen LogP contribution in [-0.2, 0) is 0 Å². The summed E-state index contributed by atoms with van der Waals surface area (Å²) in [6, 6.07) is 0.998. The minimum Gasteiger partial charge on any atom is -0.397 e. The van der Waals surface area contributed by atoms with E-state index in [0.717, 1.165) is 6.07 Å². The van der Waals surface area contributed by atoms with Gasteiger partial charge in [0.15, 0.2) is 5.82 Å². The normalized spacial score (nSPS) is 9.80. The van der Waals surface area contributed by atoms with Crippen LogP contribution in [0.25, 0.3) is 0 Å². The molecule has 0 saturated carbocycles. The predicted octanol–water partition coefficient (Wildman–Crippen LogP) is 1.69. The van der Waals surface area contributed by atoms with Gasteiger partial charge in [-0.05, 0) is 13.0 Å². The number of hydrogen-bond acceptors (Lipinski definition) is 2. The summed E-state index contributed by atoms with van der Waals surface area (Å²) < 4.78 is 25.8. The van der Waals surface area contributed by atoms with Crippen LogP contribution >= 0.6 is 0 Å². The lowest BCUT2D eigenvalue weighted by molar-refractivity contribution is 0.252. The Kier molecular flexibility index (Phi) is 3.43. The number of urea groups is 1. The molecule has 1 aromatic rings. The Balaban J connectivity index is 2.90. The first-order valence-electron chi connectivity index (χ1n) is 4.34. The Morgan fingerprint density at radius 1 is 1.47 bits per heavy atom. The van der Waals surface area contributed by atoms with Crippen molar-refractivity contribution in [3.8, 4) is 0 Å². The van der Waals surface area contributed by atoms with Gasteiger partial charge < -0.3 is 16.4 Å². The Hall–Kier alpha value is -1.85. The second-order valence-corrected chi connectivity index (χ2v) is 2.84. The van der Waals surface area contributed by atoms with E-state index in [1.807, 2.05) is 0 Å². The van der Waals surface area contributed by atoms with Crippen molar-refractivity contribution in [2.75, 3.05) is 17.6 Å². The Labute approximate surface area is 85.5 Å². The second kappa shape index (κ2) is 4.59. The van der Waals surface area contributed by atoms with Gasteiger partial charge in [-0.25, -0.2) is 13.6 Å². The van der Waals surface area contributed by atoms with Gasteiger partial charge in [-0.2, -0.15) is 0 Å². The summed E-state index contributed by atoms with van der Waals surface area (Å²) in [5.74, 6) is -1.69. The average molecular weight is 215 g/mol. The molecule has 0 bridgehead atoms. The third-order valence-corrected chi connectivity index (χ3v) is 1.66. The summed E-state index contributed by atoms with van der Waals surface area (Å²) in [6.07, 6.45) is 0. The predicted molar refractivity (Wildman–Crippen MR) is 53.5 cm³/mol. The van der Waals surface area contributed by atoms with Crippen LogP contribution in [0.4, 0.5) is 25.0 Å². The lowest BCUT2D eigenvalue weighted by Crippen LogP contribution is -2.29. The van der Waals surface area contributed by atoms with Crippen LogP contribution in [-0.4, -0.2) is 12.6 Å². The fraction of sp³-hybridized carbons (Fsp3) is 0.222. The van der Waals surface area contributed by atoms with E-state index >= 15 is 0 Å². The number of hydrogen-bond donors (Lipinski definition) is 3. The number of anilines is 2. The van der Waals surface area contributed by atoms with Crippen molar-refractivity contribution in [3.63, 3.8) is 0 Å². The van der Waals surface area contributed by atoms with E-state index < -0.39 is 17.7 Å². The fourth-order valence-electron chi connectivity index (χ4n) is 1.04. The first-order chi connectivity index (χ1) is 7.04. The van der Waals surface area contributed by atoms with Gasteiger partial charge in [0.05, 0.1) is 5.69 Å². The largest absolute Gasteiger partial charge is 0.397 e. The minimum atomic E-state index is -0.904. The zero-order chi connectivity index (χ0) is 11.4. The number of carbonyl (C=O) groups excluding carboxylic acids is 1. The number of carbonyl (C=O) groups is 1. The van der Waals surface area contributed by atoms with Crippen LogP contribution in [0, 0.1) is 11.6 Å². The molecule has 82 valence electrons. The Bertz CT molecular complexity index is 359. The summed E-state index contributed by atoms with van der Waals surface area (Å²) in [6.45, 7) is 2.11. The molecule has 1 rings (SSSR count). The fourth-order valence-corrected chi connectivity index (χ4v) is 1.04. The molecule has 0 aromatic heterocycles. The van der Waals surface area contributed by atoms with Crippen molar-refractivity contribution >= 4 is 17.4 Å². The van der Waals surface area contributed by atoms with Gasteiger partial charge in [-0.15, -0.1) is 0 Å². The molecule has 0 spiro atoms. The van der Waals surface area contributed by atoms with Crippen LogP contribution in [0.5, 0.6) is 0 Å². The Morgan fingerprint density at radius 3 is 2.67 bits per heavy atom. The highest BCUT2D eigenvalue weighted by Crippen LogP contribution is 2.23. The maximum atomic E-state index is 13.1. The van der Waals surface area contributed by atoms with Gasteiger partial charge in [0.1, 0.15) is 11.5 Å². The smallest absolute Gasteiger partial charge is 0.319 e. The standard InChI is InChI=1S/C9H11F2N3O/c1-2-13-9(15)14-8-6(11)3-5(10)4-7(8)12/h3-4H,2,12H2,1H3,(H2,13,14,15). The number of nitrogens with one attached hydrogen (secondary N) is 2. The highest BCUT2D eigenvalue weighted by atomic mass is 19.1. The molecular weight excluding hydrogens is 204 g/mol. The first-order valence-corrected chi connectivity index (χ1v) is 4.34. The third kappa shape index (κ3) is 2.80. The number of rotatable bonds is 2. The second-order valence-electron chi connectivity index (χ2n) is 2.84. The van der Waals surface area contributed by atoms with Crippen molar-refractivity contribution in [1.29, 1.82) is 0 Å². The summed E-state index contributed by atoms with van der Waals surface area (Å²) in [5, 5.41) is 4.59. The molecule has 15 heavy (non-hydrogen) atoms. The summed E-state index contributed by atoms with van der Waals surface area (Å²) in [4.78, 5) is 11.1. The van der Waals surface area contributed by atoms with E-state index in [1.54, 1.807) is 6.92 Å². The molecule has 4 N–H and O–H groups in total. The summed E-state index contributed by atoms with van der Waals surface area (Å²) >= 11 is 0. The first kappa shape index (κ1) is 11.2. The van der Waals surface area contributed by atoms with Gasteiger partial charge in [-0.3, -0.25) is 0 Å². The molecule has 0 unspecified atom stereocenters. The topological polar surface area (TPSA) is 67.2 Å².